The van der Waals surface area contributed by atoms with Crippen molar-refractivity contribution in [2.45, 2.75) is 71.8 Å². The number of amides is 2. The van der Waals surface area contributed by atoms with E-state index < -0.39 is 0 Å². The Hall–Kier alpha value is -2.44. The normalized spacial score (nSPS) is 15.1. The maximum absolute atomic E-state index is 12.2. The summed E-state index contributed by atoms with van der Waals surface area (Å²) in [5.74, 6) is -0.220. The van der Waals surface area contributed by atoms with E-state index in [2.05, 4.69) is 20.7 Å². The monoisotopic (exact) mass is 371 g/mol. The van der Waals surface area contributed by atoms with Crippen LogP contribution in [0.1, 0.15) is 61.2 Å². The Kier molecular flexibility index (Phi) is 6.08. The Morgan fingerprint density at radius 3 is 2.63 bits per heavy atom. The molecule has 2 aromatic rings. The number of carbonyl (C=O) groups is 2. The minimum absolute atomic E-state index is 0.0446. The molecule has 146 valence electrons. The minimum Gasteiger partial charge on any atom is -0.352 e. The van der Waals surface area contributed by atoms with Gasteiger partial charge in [0.15, 0.2) is 5.65 Å². The molecule has 1 fully saturated rings. The van der Waals surface area contributed by atoms with E-state index in [4.69, 9.17) is 0 Å². The van der Waals surface area contributed by atoms with E-state index in [1.807, 2.05) is 31.4 Å². The van der Waals surface area contributed by atoms with Gasteiger partial charge in [-0.2, -0.15) is 5.10 Å². The molecule has 0 saturated heterocycles. The summed E-state index contributed by atoms with van der Waals surface area (Å²) in [4.78, 5) is 28.7. The molecule has 2 heterocycles. The zero-order chi connectivity index (χ0) is 19.4. The van der Waals surface area contributed by atoms with Crippen molar-refractivity contribution >= 4 is 17.5 Å². The smallest absolute Gasteiger partial charge is 0.239 e. The maximum Gasteiger partial charge on any atom is 0.239 e. The summed E-state index contributed by atoms with van der Waals surface area (Å²) >= 11 is 0. The first-order chi connectivity index (χ1) is 12.9. The van der Waals surface area contributed by atoms with Crippen LogP contribution in [0.2, 0.25) is 0 Å². The van der Waals surface area contributed by atoms with Crippen molar-refractivity contribution in [2.24, 2.45) is 0 Å². The minimum atomic E-state index is -0.121. The van der Waals surface area contributed by atoms with Gasteiger partial charge < -0.3 is 10.6 Å². The van der Waals surface area contributed by atoms with Gasteiger partial charge in [-0.05, 0) is 45.6 Å². The van der Waals surface area contributed by atoms with Crippen LogP contribution in [-0.4, -0.2) is 39.0 Å². The molecule has 7 nitrogen and oxygen atoms in total. The number of nitrogens with one attached hydrogen (secondary N) is 2. The summed E-state index contributed by atoms with van der Waals surface area (Å²) in [7, 11) is 0. The second-order valence-electron chi connectivity index (χ2n) is 7.50. The van der Waals surface area contributed by atoms with Crippen LogP contribution < -0.4 is 10.6 Å². The predicted octanol–water partition coefficient (Wildman–Crippen LogP) is 2.15. The first-order valence-corrected chi connectivity index (χ1v) is 9.82. The Bertz CT molecular complexity index is 836. The highest BCUT2D eigenvalue weighted by Crippen LogP contribution is 2.18. The lowest BCUT2D eigenvalue weighted by atomic mass is 9.95. The molecular formula is C20H29N5O2. The predicted molar refractivity (Wildman–Crippen MR) is 104 cm³/mol. The van der Waals surface area contributed by atoms with Crippen LogP contribution >= 0.6 is 0 Å². The molecule has 0 radical (unpaired) electrons. The van der Waals surface area contributed by atoms with Crippen molar-refractivity contribution in [3.8, 4) is 0 Å². The number of hydrogen-bond acceptors (Lipinski definition) is 4. The molecule has 1 aliphatic rings. The van der Waals surface area contributed by atoms with Gasteiger partial charge in [-0.3, -0.25) is 9.59 Å². The summed E-state index contributed by atoms with van der Waals surface area (Å²) in [6.45, 7) is 5.94. The molecule has 2 aromatic heterocycles. The van der Waals surface area contributed by atoms with E-state index in [9.17, 15) is 9.59 Å². The lowest BCUT2D eigenvalue weighted by Gasteiger charge is -2.22. The van der Waals surface area contributed by atoms with Crippen molar-refractivity contribution in [2.75, 3.05) is 6.54 Å². The third-order valence-corrected chi connectivity index (χ3v) is 5.30. The van der Waals surface area contributed by atoms with Gasteiger partial charge in [0.05, 0.1) is 12.2 Å². The lowest BCUT2D eigenvalue weighted by molar-refractivity contribution is -0.126. The van der Waals surface area contributed by atoms with Crippen molar-refractivity contribution < 1.29 is 9.59 Å². The Morgan fingerprint density at radius 1 is 1.15 bits per heavy atom. The molecule has 2 amide bonds. The number of fused-ring (bicyclic) bond motifs is 1. The lowest BCUT2D eigenvalue weighted by Crippen LogP contribution is -2.42. The molecule has 7 heteroatoms. The first-order valence-electron chi connectivity index (χ1n) is 9.82. The molecule has 0 aliphatic heterocycles. The molecule has 1 aliphatic carbocycles. The van der Waals surface area contributed by atoms with E-state index >= 15 is 0 Å². The van der Waals surface area contributed by atoms with Gasteiger partial charge >= 0.3 is 0 Å². The molecule has 0 aromatic carbocycles. The quantitative estimate of drug-likeness (QED) is 0.814. The van der Waals surface area contributed by atoms with Crippen LogP contribution in [0.5, 0.6) is 0 Å². The number of carbonyl (C=O) groups excluding carboxylic acids is 2. The second-order valence-corrected chi connectivity index (χ2v) is 7.50. The van der Waals surface area contributed by atoms with E-state index in [0.717, 1.165) is 41.1 Å². The molecule has 27 heavy (non-hydrogen) atoms. The molecule has 0 unspecified atom stereocenters. The standard InChI is InChI=1S/C20H29N5O2/c1-13-11-18-22-14(2)17(15(3)25(18)24-13)9-10-19(26)21-12-20(27)23-16-7-5-4-6-8-16/h11,16H,4-10,12H2,1-3H3,(H,21,26)(H,23,27). The Balaban J connectivity index is 1.50. The van der Waals surface area contributed by atoms with Gasteiger partial charge in [-0.1, -0.05) is 19.3 Å². The van der Waals surface area contributed by atoms with Crippen LogP contribution in [0.25, 0.3) is 5.65 Å². The number of nitrogens with zero attached hydrogens (tertiary/aromatic N) is 3. The molecular weight excluding hydrogens is 342 g/mol. The van der Waals surface area contributed by atoms with E-state index in [1.165, 1.54) is 19.3 Å². The first kappa shape index (κ1) is 19.3. The summed E-state index contributed by atoms with van der Waals surface area (Å²) in [5.41, 5.74) is 4.71. The van der Waals surface area contributed by atoms with Gasteiger partial charge in [0.25, 0.3) is 0 Å². The van der Waals surface area contributed by atoms with E-state index in [-0.39, 0.29) is 24.4 Å². The van der Waals surface area contributed by atoms with E-state index in [0.29, 0.717) is 12.8 Å². The van der Waals surface area contributed by atoms with Gasteiger partial charge in [0.1, 0.15) is 0 Å². The SMILES string of the molecule is Cc1cc2nc(C)c(CCC(=O)NCC(=O)NC3CCCCC3)c(C)n2n1. The zero-order valence-electron chi connectivity index (χ0n) is 16.5. The summed E-state index contributed by atoms with van der Waals surface area (Å²) in [6.07, 6.45) is 6.58. The second kappa shape index (κ2) is 8.50. The molecule has 3 rings (SSSR count). The van der Waals surface area contributed by atoms with Crippen molar-refractivity contribution in [1.82, 2.24) is 25.2 Å². The fourth-order valence-corrected chi connectivity index (χ4v) is 3.83. The summed E-state index contributed by atoms with van der Waals surface area (Å²) in [6, 6.07) is 2.21. The average Bonchev–Trinajstić information content (AvgIpc) is 3.01. The highest BCUT2D eigenvalue weighted by atomic mass is 16.2. The molecule has 0 bridgehead atoms. The molecule has 2 N–H and O–H groups in total. The number of rotatable bonds is 6. The van der Waals surface area contributed by atoms with E-state index in [1.54, 1.807) is 0 Å². The Labute approximate surface area is 159 Å². The highest BCUT2D eigenvalue weighted by Gasteiger charge is 2.16. The number of aromatic nitrogens is 3. The Morgan fingerprint density at radius 2 is 1.89 bits per heavy atom. The highest BCUT2D eigenvalue weighted by molar-refractivity contribution is 5.84. The van der Waals surface area contributed by atoms with Crippen LogP contribution in [-0.2, 0) is 16.0 Å². The number of aryl methyl sites for hydroxylation is 3. The molecule has 0 spiro atoms. The fourth-order valence-electron chi connectivity index (χ4n) is 3.83. The maximum atomic E-state index is 12.2. The van der Waals surface area contributed by atoms with Crippen LogP contribution in [0.15, 0.2) is 6.07 Å². The topological polar surface area (TPSA) is 88.4 Å². The van der Waals surface area contributed by atoms with Crippen molar-refractivity contribution in [1.29, 1.82) is 0 Å². The van der Waals surface area contributed by atoms with Crippen molar-refractivity contribution in [3.63, 3.8) is 0 Å². The van der Waals surface area contributed by atoms with Gasteiger partial charge in [0.2, 0.25) is 11.8 Å². The van der Waals surface area contributed by atoms with Gasteiger partial charge in [-0.15, -0.1) is 0 Å². The third kappa shape index (κ3) is 4.84. The van der Waals surface area contributed by atoms with Gasteiger partial charge in [-0.25, -0.2) is 9.50 Å². The average molecular weight is 371 g/mol. The molecule has 1 saturated carbocycles. The van der Waals surface area contributed by atoms with Crippen LogP contribution in [0.4, 0.5) is 0 Å². The van der Waals surface area contributed by atoms with Crippen LogP contribution in [0, 0.1) is 20.8 Å². The third-order valence-electron chi connectivity index (χ3n) is 5.30. The van der Waals surface area contributed by atoms with Crippen LogP contribution in [0.3, 0.4) is 0 Å². The van der Waals surface area contributed by atoms with Crippen molar-refractivity contribution in [3.05, 3.63) is 28.7 Å². The number of hydrogen-bond donors (Lipinski definition) is 2. The van der Waals surface area contributed by atoms with Gasteiger partial charge in [0, 0.05) is 29.9 Å². The fraction of sp³-hybridized carbons (Fsp3) is 0.600. The zero-order valence-corrected chi connectivity index (χ0v) is 16.5. The molecule has 0 atom stereocenters. The largest absolute Gasteiger partial charge is 0.352 e. The summed E-state index contributed by atoms with van der Waals surface area (Å²) in [5, 5.41) is 10.2. The summed E-state index contributed by atoms with van der Waals surface area (Å²) < 4.78 is 1.83.